The second kappa shape index (κ2) is 4.91. The number of anilines is 1. The molecule has 1 aliphatic heterocycles. The Morgan fingerprint density at radius 2 is 2.10 bits per heavy atom. The van der Waals surface area contributed by atoms with Crippen LogP contribution in [-0.2, 0) is 11.3 Å². The van der Waals surface area contributed by atoms with Crippen molar-refractivity contribution in [2.75, 3.05) is 4.90 Å². The Balaban J connectivity index is 2.03. The van der Waals surface area contributed by atoms with Gasteiger partial charge < -0.3 is 10.6 Å². The minimum atomic E-state index is -1.07. The zero-order valence-corrected chi connectivity index (χ0v) is 12.5. The monoisotopic (exact) mass is 358 g/mol. The number of thiophene rings is 1. The minimum absolute atomic E-state index is 0.0621. The zero-order valence-electron chi connectivity index (χ0n) is 10.1. The van der Waals surface area contributed by atoms with Gasteiger partial charge in [0.25, 0.3) is 0 Å². The fourth-order valence-corrected chi connectivity index (χ4v) is 3.71. The maximum atomic E-state index is 13.8. The highest BCUT2D eigenvalue weighted by atomic mass is 79.9. The van der Waals surface area contributed by atoms with Crippen LogP contribution in [-0.4, -0.2) is 5.91 Å². The van der Waals surface area contributed by atoms with Crippen molar-refractivity contribution >= 4 is 38.9 Å². The van der Waals surface area contributed by atoms with E-state index in [9.17, 15) is 13.6 Å². The quantitative estimate of drug-likeness (QED) is 0.894. The summed E-state index contributed by atoms with van der Waals surface area (Å²) in [6.07, 6.45) is 0. The molecule has 20 heavy (non-hydrogen) atoms. The number of rotatable bonds is 2. The average Bonchev–Trinajstić information content (AvgIpc) is 2.87. The van der Waals surface area contributed by atoms with E-state index in [1.807, 2.05) is 11.4 Å². The predicted molar refractivity (Wildman–Crippen MR) is 76.5 cm³/mol. The fraction of sp³-hybridized carbons (Fsp3) is 0.154. The summed E-state index contributed by atoms with van der Waals surface area (Å²) in [6.45, 7) is 0.249. The third kappa shape index (κ3) is 2.15. The Morgan fingerprint density at radius 1 is 1.35 bits per heavy atom. The van der Waals surface area contributed by atoms with Crippen molar-refractivity contribution in [3.05, 3.63) is 50.1 Å². The van der Waals surface area contributed by atoms with Crippen LogP contribution < -0.4 is 10.6 Å². The highest BCUT2D eigenvalue weighted by molar-refractivity contribution is 9.10. The number of hydrogen-bond donors (Lipinski definition) is 1. The molecule has 0 spiro atoms. The molecule has 0 radical (unpaired) electrons. The molecular formula is C13H9BrF2N2OS. The molecule has 0 fully saturated rings. The van der Waals surface area contributed by atoms with Crippen molar-refractivity contribution in [2.24, 2.45) is 5.73 Å². The van der Waals surface area contributed by atoms with Gasteiger partial charge in [-0.3, -0.25) is 4.79 Å². The predicted octanol–water partition coefficient (Wildman–Crippen LogP) is 3.34. The van der Waals surface area contributed by atoms with Crippen molar-refractivity contribution in [3.8, 4) is 0 Å². The first kappa shape index (κ1) is 13.7. The molecule has 0 saturated carbocycles. The molecule has 7 heteroatoms. The van der Waals surface area contributed by atoms with Gasteiger partial charge >= 0.3 is 0 Å². The number of amides is 1. The van der Waals surface area contributed by atoms with Crippen LogP contribution in [0.2, 0.25) is 0 Å². The van der Waals surface area contributed by atoms with E-state index < -0.39 is 23.6 Å². The highest BCUT2D eigenvalue weighted by Crippen LogP contribution is 2.38. The summed E-state index contributed by atoms with van der Waals surface area (Å²) in [6, 6.07) is 2.68. The molecule has 104 valence electrons. The molecule has 1 atom stereocenters. The first-order valence-electron chi connectivity index (χ1n) is 5.76. The van der Waals surface area contributed by atoms with E-state index in [1.165, 1.54) is 16.2 Å². The van der Waals surface area contributed by atoms with E-state index in [1.54, 1.807) is 0 Å². The molecule has 3 nitrogen and oxygen atoms in total. The van der Waals surface area contributed by atoms with Gasteiger partial charge in [-0.25, -0.2) is 8.78 Å². The molecular weight excluding hydrogens is 350 g/mol. The first-order valence-corrected chi connectivity index (χ1v) is 7.43. The van der Waals surface area contributed by atoms with E-state index in [2.05, 4.69) is 15.9 Å². The molecule has 1 aromatic carbocycles. The highest BCUT2D eigenvalue weighted by Gasteiger charge is 2.37. The average molecular weight is 359 g/mol. The third-order valence-electron chi connectivity index (χ3n) is 3.14. The standard InChI is InChI=1S/C13H9BrF2N2OS/c14-6-1-8(20-5-6)4-18-10-3-7(15)2-9(16)11(10)12(17)13(18)19/h1-3,5,12H,4,17H2. The number of hydrogen-bond acceptors (Lipinski definition) is 3. The van der Waals surface area contributed by atoms with Crippen LogP contribution in [0.1, 0.15) is 16.5 Å². The number of carbonyl (C=O) groups excluding carboxylic acids is 1. The van der Waals surface area contributed by atoms with Crippen LogP contribution >= 0.6 is 27.3 Å². The summed E-state index contributed by atoms with van der Waals surface area (Å²) in [5.41, 5.74) is 6.01. The number of carbonyl (C=O) groups is 1. The van der Waals surface area contributed by atoms with Crippen molar-refractivity contribution in [1.82, 2.24) is 0 Å². The van der Waals surface area contributed by atoms with Gasteiger partial charge in [0, 0.05) is 26.4 Å². The Kier molecular flexibility index (Phi) is 3.35. The summed E-state index contributed by atoms with van der Waals surface area (Å²) < 4.78 is 28.1. The van der Waals surface area contributed by atoms with Crippen LogP contribution in [0, 0.1) is 11.6 Å². The topological polar surface area (TPSA) is 46.3 Å². The first-order chi connectivity index (χ1) is 9.47. The van der Waals surface area contributed by atoms with Crippen LogP contribution in [0.3, 0.4) is 0 Å². The van der Waals surface area contributed by atoms with Gasteiger partial charge in [-0.2, -0.15) is 0 Å². The van der Waals surface area contributed by atoms with Gasteiger partial charge in [0.2, 0.25) is 5.91 Å². The van der Waals surface area contributed by atoms with Crippen molar-refractivity contribution in [1.29, 1.82) is 0 Å². The Labute approximate surface area is 126 Å². The molecule has 1 amide bonds. The molecule has 0 aliphatic carbocycles. The molecule has 3 rings (SSSR count). The summed E-state index contributed by atoms with van der Waals surface area (Å²) in [4.78, 5) is 14.4. The van der Waals surface area contributed by atoms with Crippen LogP contribution in [0.25, 0.3) is 0 Å². The molecule has 0 bridgehead atoms. The molecule has 0 saturated heterocycles. The number of halogens is 3. The summed E-state index contributed by atoms with van der Waals surface area (Å²) in [5.74, 6) is -1.93. The lowest BCUT2D eigenvalue weighted by Gasteiger charge is -2.16. The van der Waals surface area contributed by atoms with Gasteiger partial charge in [0.15, 0.2) is 0 Å². The van der Waals surface area contributed by atoms with Crippen LogP contribution in [0.5, 0.6) is 0 Å². The van der Waals surface area contributed by atoms with Gasteiger partial charge in [-0.15, -0.1) is 11.3 Å². The Hall–Kier alpha value is -1.31. The van der Waals surface area contributed by atoms with Gasteiger partial charge in [-0.1, -0.05) is 0 Å². The fourth-order valence-electron chi connectivity index (χ4n) is 2.27. The van der Waals surface area contributed by atoms with Gasteiger partial charge in [0.05, 0.1) is 12.2 Å². The van der Waals surface area contributed by atoms with Crippen molar-refractivity contribution in [2.45, 2.75) is 12.6 Å². The van der Waals surface area contributed by atoms with Crippen molar-refractivity contribution in [3.63, 3.8) is 0 Å². The minimum Gasteiger partial charge on any atom is -0.316 e. The molecule has 1 unspecified atom stereocenters. The maximum Gasteiger partial charge on any atom is 0.249 e. The molecule has 2 heterocycles. The van der Waals surface area contributed by atoms with Gasteiger partial charge in [-0.05, 0) is 28.1 Å². The summed E-state index contributed by atoms with van der Waals surface area (Å²) in [7, 11) is 0. The van der Waals surface area contributed by atoms with E-state index in [4.69, 9.17) is 5.73 Å². The molecule has 2 N–H and O–H groups in total. The molecule has 2 aromatic rings. The lowest BCUT2D eigenvalue weighted by molar-refractivity contribution is -0.119. The maximum absolute atomic E-state index is 13.8. The second-order valence-corrected chi connectivity index (χ2v) is 6.37. The smallest absolute Gasteiger partial charge is 0.249 e. The van der Waals surface area contributed by atoms with Crippen LogP contribution in [0.15, 0.2) is 28.1 Å². The van der Waals surface area contributed by atoms with E-state index in [-0.39, 0.29) is 17.8 Å². The van der Waals surface area contributed by atoms with Gasteiger partial charge in [0.1, 0.15) is 17.7 Å². The Morgan fingerprint density at radius 3 is 2.75 bits per heavy atom. The van der Waals surface area contributed by atoms with E-state index in [0.29, 0.717) is 0 Å². The molecule has 1 aliphatic rings. The summed E-state index contributed by atoms with van der Waals surface area (Å²) in [5, 5.41) is 1.88. The van der Waals surface area contributed by atoms with E-state index >= 15 is 0 Å². The van der Waals surface area contributed by atoms with E-state index in [0.717, 1.165) is 21.5 Å². The number of benzene rings is 1. The molecule has 1 aromatic heterocycles. The normalized spacial score (nSPS) is 17.7. The Bertz CT molecular complexity index is 704. The number of nitrogens with zero attached hydrogens (tertiary/aromatic N) is 1. The number of nitrogens with two attached hydrogens (primary N) is 1. The third-order valence-corrected chi connectivity index (χ3v) is 4.82. The van der Waals surface area contributed by atoms with Crippen molar-refractivity contribution < 1.29 is 13.6 Å². The lowest BCUT2D eigenvalue weighted by atomic mass is 10.1. The lowest BCUT2D eigenvalue weighted by Crippen LogP contribution is -2.31. The summed E-state index contributed by atoms with van der Waals surface area (Å²) >= 11 is 4.78. The van der Waals surface area contributed by atoms with Crippen LogP contribution in [0.4, 0.5) is 14.5 Å². The second-order valence-electron chi connectivity index (χ2n) is 4.45. The zero-order chi connectivity index (χ0) is 14.4. The largest absolute Gasteiger partial charge is 0.316 e. The number of fused-ring (bicyclic) bond motifs is 1. The SMILES string of the molecule is NC1C(=O)N(Cc2cc(Br)cs2)c2cc(F)cc(F)c21.